The summed E-state index contributed by atoms with van der Waals surface area (Å²) in [4.78, 5) is 15.5. The van der Waals surface area contributed by atoms with Crippen LogP contribution in [0.25, 0.3) is 0 Å². The number of nitrogens with zero attached hydrogens (tertiary/aromatic N) is 1. The topological polar surface area (TPSA) is 91.7 Å². The summed E-state index contributed by atoms with van der Waals surface area (Å²) in [5.74, 6) is 0.0608. The number of hydrogen-bond donors (Lipinski definition) is 3. The Morgan fingerprint density at radius 1 is 1.37 bits per heavy atom. The van der Waals surface area contributed by atoms with Gasteiger partial charge < -0.3 is 20.3 Å². The van der Waals surface area contributed by atoms with Crippen molar-refractivity contribution in [2.45, 2.75) is 25.8 Å². The summed E-state index contributed by atoms with van der Waals surface area (Å²) in [5.41, 5.74) is -0.444. The molecule has 0 aliphatic heterocycles. The molecular formula is C13H20N2O4. The number of carbonyl (C=O) groups is 1. The van der Waals surface area contributed by atoms with Crippen LogP contribution in [0.4, 0.5) is 5.82 Å². The van der Waals surface area contributed by atoms with Crippen LogP contribution in [-0.4, -0.2) is 46.5 Å². The number of hydrogen-bond acceptors (Lipinski definition) is 6. The Labute approximate surface area is 112 Å². The number of carbonyl (C=O) groups excluding carboxylic acids is 1. The third-order valence-corrected chi connectivity index (χ3v) is 2.95. The van der Waals surface area contributed by atoms with Gasteiger partial charge in [0.25, 0.3) is 0 Å². The minimum Gasteiger partial charge on any atom is -0.462 e. The van der Waals surface area contributed by atoms with Crippen LogP contribution < -0.4 is 5.32 Å². The van der Waals surface area contributed by atoms with Crippen molar-refractivity contribution >= 4 is 11.8 Å². The number of esters is 1. The molecule has 0 unspecified atom stereocenters. The van der Waals surface area contributed by atoms with Gasteiger partial charge in [-0.3, -0.25) is 0 Å². The molecule has 0 saturated heterocycles. The van der Waals surface area contributed by atoms with Crippen LogP contribution in [0.1, 0.15) is 30.6 Å². The Morgan fingerprint density at radius 2 is 2.05 bits per heavy atom. The van der Waals surface area contributed by atoms with Crippen molar-refractivity contribution in [3.8, 4) is 0 Å². The van der Waals surface area contributed by atoms with Crippen molar-refractivity contribution in [2.75, 3.05) is 25.1 Å². The Morgan fingerprint density at radius 3 is 2.47 bits per heavy atom. The molecule has 0 atom stereocenters. The van der Waals surface area contributed by atoms with Gasteiger partial charge in [-0.1, -0.05) is 6.92 Å². The van der Waals surface area contributed by atoms with Crippen LogP contribution in [0.2, 0.25) is 0 Å². The number of pyridine rings is 1. The number of aromatic nitrogens is 1. The zero-order valence-corrected chi connectivity index (χ0v) is 11.2. The molecule has 0 bridgehead atoms. The molecule has 19 heavy (non-hydrogen) atoms. The van der Waals surface area contributed by atoms with Crippen LogP contribution in [0.3, 0.4) is 0 Å². The van der Waals surface area contributed by atoms with Crippen molar-refractivity contribution in [3.05, 3.63) is 23.9 Å². The highest BCUT2D eigenvalue weighted by Crippen LogP contribution is 2.17. The van der Waals surface area contributed by atoms with E-state index in [4.69, 9.17) is 4.74 Å². The normalized spacial score (nSPS) is 11.2. The summed E-state index contributed by atoms with van der Waals surface area (Å²) >= 11 is 0. The van der Waals surface area contributed by atoms with Crippen LogP contribution in [0, 0.1) is 0 Å². The van der Waals surface area contributed by atoms with Gasteiger partial charge in [-0.2, -0.15) is 0 Å². The predicted octanol–water partition coefficient (Wildman–Crippen LogP) is 0.804. The van der Waals surface area contributed by atoms with E-state index in [1.54, 1.807) is 19.1 Å². The van der Waals surface area contributed by atoms with E-state index < -0.39 is 11.5 Å². The number of nitrogens with one attached hydrogen (secondary N) is 1. The summed E-state index contributed by atoms with van der Waals surface area (Å²) in [6.45, 7) is 3.49. The highest BCUT2D eigenvalue weighted by Gasteiger charge is 2.26. The quantitative estimate of drug-likeness (QED) is 0.634. The average Bonchev–Trinajstić information content (AvgIpc) is 2.46. The maximum absolute atomic E-state index is 11.4. The van der Waals surface area contributed by atoms with E-state index in [0.717, 1.165) is 0 Å². The summed E-state index contributed by atoms with van der Waals surface area (Å²) in [6.07, 6.45) is 1.94. The standard InChI is InChI=1S/C13H20N2O4/c1-3-13(8-16,9-17)15-11-6-5-10(7-14-11)12(18)19-4-2/h5-7,16-17H,3-4,8-9H2,1-2H3,(H,14,15). The lowest BCUT2D eigenvalue weighted by Crippen LogP contribution is -2.45. The van der Waals surface area contributed by atoms with Gasteiger partial charge >= 0.3 is 5.97 Å². The summed E-state index contributed by atoms with van der Waals surface area (Å²) in [6, 6.07) is 3.20. The molecule has 3 N–H and O–H groups in total. The van der Waals surface area contributed by atoms with E-state index in [1.165, 1.54) is 6.20 Å². The summed E-state index contributed by atoms with van der Waals surface area (Å²) < 4.78 is 4.85. The van der Waals surface area contributed by atoms with E-state index in [2.05, 4.69) is 10.3 Å². The number of anilines is 1. The minimum absolute atomic E-state index is 0.207. The average molecular weight is 268 g/mol. The van der Waals surface area contributed by atoms with Crippen molar-refractivity contribution in [1.29, 1.82) is 0 Å². The number of aliphatic hydroxyl groups excluding tert-OH is 2. The first-order chi connectivity index (χ1) is 9.10. The van der Waals surface area contributed by atoms with Gasteiger partial charge in [0, 0.05) is 6.20 Å². The molecule has 106 valence electrons. The second-order valence-electron chi connectivity index (χ2n) is 4.23. The maximum atomic E-state index is 11.4. The Bertz CT molecular complexity index is 393. The van der Waals surface area contributed by atoms with Gasteiger partial charge in [-0.25, -0.2) is 9.78 Å². The molecule has 6 heteroatoms. The van der Waals surface area contributed by atoms with Crippen LogP contribution in [0.5, 0.6) is 0 Å². The van der Waals surface area contributed by atoms with Crippen molar-refractivity contribution in [3.63, 3.8) is 0 Å². The van der Waals surface area contributed by atoms with Crippen molar-refractivity contribution in [1.82, 2.24) is 4.98 Å². The second kappa shape index (κ2) is 7.06. The molecule has 0 amide bonds. The van der Waals surface area contributed by atoms with E-state index in [1.807, 2.05) is 6.92 Å². The summed E-state index contributed by atoms with van der Waals surface area (Å²) in [7, 11) is 0. The molecule has 0 aliphatic carbocycles. The minimum atomic E-state index is -0.807. The van der Waals surface area contributed by atoms with Crippen LogP contribution >= 0.6 is 0 Å². The fraction of sp³-hybridized carbons (Fsp3) is 0.538. The largest absolute Gasteiger partial charge is 0.462 e. The third kappa shape index (κ3) is 3.90. The molecule has 0 spiro atoms. The highest BCUT2D eigenvalue weighted by molar-refractivity contribution is 5.89. The van der Waals surface area contributed by atoms with Crippen LogP contribution in [0.15, 0.2) is 18.3 Å². The molecule has 0 fully saturated rings. The van der Waals surface area contributed by atoms with E-state index in [9.17, 15) is 15.0 Å². The van der Waals surface area contributed by atoms with Gasteiger partial charge in [0.2, 0.25) is 0 Å². The molecule has 0 aliphatic rings. The Balaban J connectivity index is 2.79. The van der Waals surface area contributed by atoms with E-state index in [-0.39, 0.29) is 13.2 Å². The summed E-state index contributed by atoms with van der Waals surface area (Å²) in [5, 5.41) is 21.6. The number of aliphatic hydroxyl groups is 2. The predicted molar refractivity (Wildman–Crippen MR) is 71.0 cm³/mol. The molecule has 1 rings (SSSR count). The Hall–Kier alpha value is -1.66. The lowest BCUT2D eigenvalue weighted by molar-refractivity contribution is 0.0526. The Kier molecular flexibility index (Phi) is 5.72. The fourth-order valence-electron chi connectivity index (χ4n) is 1.52. The zero-order chi connectivity index (χ0) is 14.3. The van der Waals surface area contributed by atoms with Gasteiger partial charge in [0.15, 0.2) is 0 Å². The number of rotatable bonds is 7. The fourth-order valence-corrected chi connectivity index (χ4v) is 1.52. The maximum Gasteiger partial charge on any atom is 0.339 e. The first-order valence-corrected chi connectivity index (χ1v) is 6.24. The molecule has 0 aromatic carbocycles. The molecular weight excluding hydrogens is 248 g/mol. The SMILES string of the molecule is CCOC(=O)c1ccc(NC(CC)(CO)CO)nc1. The van der Waals surface area contributed by atoms with Gasteiger partial charge in [0.05, 0.1) is 30.9 Å². The highest BCUT2D eigenvalue weighted by atomic mass is 16.5. The monoisotopic (exact) mass is 268 g/mol. The van der Waals surface area contributed by atoms with Crippen LogP contribution in [-0.2, 0) is 4.74 Å². The smallest absolute Gasteiger partial charge is 0.339 e. The molecule has 1 aromatic rings. The third-order valence-electron chi connectivity index (χ3n) is 2.95. The molecule has 1 aromatic heterocycles. The van der Waals surface area contributed by atoms with E-state index >= 15 is 0 Å². The van der Waals surface area contributed by atoms with Crippen molar-refractivity contribution in [2.24, 2.45) is 0 Å². The first kappa shape index (κ1) is 15.4. The number of ether oxygens (including phenoxy) is 1. The first-order valence-electron chi connectivity index (χ1n) is 6.24. The van der Waals surface area contributed by atoms with Gasteiger partial charge in [-0.15, -0.1) is 0 Å². The van der Waals surface area contributed by atoms with Gasteiger partial charge in [-0.05, 0) is 25.5 Å². The molecule has 0 radical (unpaired) electrons. The molecule has 0 saturated carbocycles. The van der Waals surface area contributed by atoms with E-state index in [0.29, 0.717) is 24.4 Å². The molecule has 6 nitrogen and oxygen atoms in total. The lowest BCUT2D eigenvalue weighted by Gasteiger charge is -2.30. The van der Waals surface area contributed by atoms with Gasteiger partial charge in [0.1, 0.15) is 5.82 Å². The zero-order valence-electron chi connectivity index (χ0n) is 11.2. The van der Waals surface area contributed by atoms with Crippen molar-refractivity contribution < 1.29 is 19.7 Å². The molecule has 1 heterocycles. The lowest BCUT2D eigenvalue weighted by atomic mass is 9.98. The second-order valence-corrected chi connectivity index (χ2v) is 4.23.